The van der Waals surface area contributed by atoms with Gasteiger partial charge in [-0.15, -0.1) is 0 Å². The van der Waals surface area contributed by atoms with Crippen LogP contribution in [-0.4, -0.2) is 59.0 Å². The molecule has 3 aromatic rings. The van der Waals surface area contributed by atoms with E-state index in [1.165, 1.54) is 17.9 Å². The van der Waals surface area contributed by atoms with E-state index < -0.39 is 17.4 Å². The summed E-state index contributed by atoms with van der Waals surface area (Å²) >= 11 is 0. The lowest BCUT2D eigenvalue weighted by Gasteiger charge is -2.43. The number of fused-ring (bicyclic) bond motifs is 5. The van der Waals surface area contributed by atoms with Crippen LogP contribution in [0.5, 0.6) is 0 Å². The minimum Gasteiger partial charge on any atom is -0.390 e. The molecule has 0 aromatic carbocycles. The van der Waals surface area contributed by atoms with Crippen molar-refractivity contribution in [1.82, 2.24) is 28.2 Å². The molecule has 0 radical (unpaired) electrons. The molecule has 0 saturated carbocycles. The molecule has 5 rings (SSSR count). The lowest BCUT2D eigenvalue weighted by molar-refractivity contribution is 0.0552. The second-order valence-electron chi connectivity index (χ2n) is 8.85. The average molecular weight is 426 g/mol. The number of aryl methyl sites for hydroxylation is 1. The molecule has 1 unspecified atom stereocenters. The van der Waals surface area contributed by atoms with Crippen molar-refractivity contribution < 1.29 is 5.11 Å². The number of likely N-dealkylation sites (tertiary alicyclic amines) is 1. The van der Waals surface area contributed by atoms with Crippen LogP contribution in [-0.2, 0) is 27.2 Å². The molecule has 0 aliphatic carbocycles. The Hall–Kier alpha value is -2.98. The Kier molecular flexibility index (Phi) is 4.71. The van der Waals surface area contributed by atoms with E-state index in [2.05, 4.69) is 9.88 Å². The number of hydrogen-bond acceptors (Lipinski definition) is 6. The lowest BCUT2D eigenvalue weighted by atomic mass is 9.83. The third-order valence-corrected chi connectivity index (χ3v) is 6.65. The maximum atomic E-state index is 12.6. The number of aliphatic hydroxyl groups is 1. The van der Waals surface area contributed by atoms with Crippen molar-refractivity contribution in [3.05, 3.63) is 61.4 Å². The van der Waals surface area contributed by atoms with Crippen LogP contribution in [0, 0.1) is 5.92 Å². The van der Waals surface area contributed by atoms with Gasteiger partial charge in [0.2, 0.25) is 0 Å². The average Bonchev–Trinajstić information content (AvgIpc) is 3.15. The first kappa shape index (κ1) is 20.0. The summed E-state index contributed by atoms with van der Waals surface area (Å²) in [5, 5.41) is 10.8. The number of aromatic nitrogens is 5. The first-order valence-corrected chi connectivity index (χ1v) is 10.5. The topological polar surface area (TPSA) is 107 Å². The third-order valence-electron chi connectivity index (χ3n) is 6.65. The van der Waals surface area contributed by atoms with Gasteiger partial charge in [0.25, 0.3) is 11.1 Å². The summed E-state index contributed by atoms with van der Waals surface area (Å²) in [5.41, 5.74) is 0.916. The maximum Gasteiger partial charge on any atom is 0.332 e. The zero-order valence-electron chi connectivity index (χ0n) is 17.6. The molecule has 3 atom stereocenters. The first-order chi connectivity index (χ1) is 14.8. The molecule has 2 aliphatic heterocycles. The van der Waals surface area contributed by atoms with Crippen molar-refractivity contribution in [2.75, 3.05) is 19.6 Å². The number of hydrogen-bond donors (Lipinski definition) is 1. The summed E-state index contributed by atoms with van der Waals surface area (Å²) in [6, 6.07) is 5.46. The van der Waals surface area contributed by atoms with Crippen LogP contribution in [0.2, 0.25) is 0 Å². The van der Waals surface area contributed by atoms with Gasteiger partial charge in [-0.05, 0) is 18.4 Å². The highest BCUT2D eigenvalue weighted by atomic mass is 16.3. The van der Waals surface area contributed by atoms with E-state index in [1.807, 2.05) is 16.7 Å². The smallest absolute Gasteiger partial charge is 0.332 e. The Morgan fingerprint density at radius 2 is 1.90 bits per heavy atom. The summed E-state index contributed by atoms with van der Waals surface area (Å²) < 4.78 is 5.91. The minimum atomic E-state index is -0.698. The molecule has 10 heteroatoms. The van der Waals surface area contributed by atoms with E-state index in [0.29, 0.717) is 30.2 Å². The molecule has 1 N–H and O–H groups in total. The Morgan fingerprint density at radius 3 is 2.71 bits per heavy atom. The second kappa shape index (κ2) is 7.31. The summed E-state index contributed by atoms with van der Waals surface area (Å²) in [7, 11) is 3.01. The number of rotatable bonds is 4. The van der Waals surface area contributed by atoms with Crippen LogP contribution < -0.4 is 16.8 Å². The van der Waals surface area contributed by atoms with E-state index in [1.54, 1.807) is 17.7 Å². The van der Waals surface area contributed by atoms with E-state index >= 15 is 0 Å². The number of aliphatic hydroxyl groups excluding tert-OH is 1. The van der Waals surface area contributed by atoms with Gasteiger partial charge in [-0.2, -0.15) is 0 Å². The van der Waals surface area contributed by atoms with E-state index in [0.717, 1.165) is 29.8 Å². The minimum absolute atomic E-state index is 0.0589. The molecular weight excluding hydrogens is 400 g/mol. The van der Waals surface area contributed by atoms with Crippen LogP contribution in [0.4, 0.5) is 0 Å². The fourth-order valence-corrected chi connectivity index (χ4v) is 5.26. The highest BCUT2D eigenvalue weighted by Crippen LogP contribution is 2.34. The van der Waals surface area contributed by atoms with Crippen molar-refractivity contribution in [1.29, 1.82) is 0 Å². The van der Waals surface area contributed by atoms with E-state index in [4.69, 9.17) is 0 Å². The number of piperidine rings is 1. The third kappa shape index (κ3) is 3.26. The Labute approximate surface area is 177 Å². The van der Waals surface area contributed by atoms with Crippen LogP contribution in [0.1, 0.15) is 18.0 Å². The molecule has 10 nitrogen and oxygen atoms in total. The molecule has 5 heterocycles. The molecule has 0 spiro atoms. The molecule has 2 bridgehead atoms. The van der Waals surface area contributed by atoms with Gasteiger partial charge in [-0.1, -0.05) is 6.07 Å². The summed E-state index contributed by atoms with van der Waals surface area (Å²) in [4.78, 5) is 43.4. The summed E-state index contributed by atoms with van der Waals surface area (Å²) in [6.07, 6.45) is 1.87. The van der Waals surface area contributed by atoms with E-state index in [9.17, 15) is 19.5 Å². The zero-order chi connectivity index (χ0) is 21.9. The Morgan fingerprint density at radius 1 is 1.10 bits per heavy atom. The predicted molar refractivity (Wildman–Crippen MR) is 114 cm³/mol. The number of pyridine rings is 1. The normalized spacial score (nSPS) is 21.9. The van der Waals surface area contributed by atoms with Crippen molar-refractivity contribution in [2.45, 2.75) is 31.5 Å². The maximum absolute atomic E-state index is 12.6. The summed E-state index contributed by atoms with van der Waals surface area (Å²) in [6.45, 7) is 3.02. The number of nitrogens with zero attached hydrogens (tertiary/aromatic N) is 6. The van der Waals surface area contributed by atoms with Gasteiger partial charge >= 0.3 is 5.69 Å². The fraction of sp³-hybridized carbons (Fsp3) is 0.524. The van der Waals surface area contributed by atoms with Gasteiger partial charge in [-0.3, -0.25) is 23.6 Å². The van der Waals surface area contributed by atoms with Crippen LogP contribution in [0.25, 0.3) is 11.2 Å². The zero-order valence-corrected chi connectivity index (χ0v) is 17.6. The first-order valence-electron chi connectivity index (χ1n) is 10.5. The largest absolute Gasteiger partial charge is 0.390 e. The molecule has 3 aromatic heterocycles. The van der Waals surface area contributed by atoms with Crippen molar-refractivity contribution in [3.63, 3.8) is 0 Å². The number of imidazole rings is 1. The van der Waals surface area contributed by atoms with Gasteiger partial charge in [0.1, 0.15) is 0 Å². The lowest BCUT2D eigenvalue weighted by Crippen LogP contribution is -2.49. The quantitative estimate of drug-likeness (QED) is 0.578. The van der Waals surface area contributed by atoms with Crippen LogP contribution >= 0.6 is 0 Å². The molecule has 0 amide bonds. The van der Waals surface area contributed by atoms with Crippen molar-refractivity contribution >= 4 is 11.2 Å². The molecular formula is C21H26N6O4. The van der Waals surface area contributed by atoms with Gasteiger partial charge in [-0.25, -0.2) is 9.78 Å². The van der Waals surface area contributed by atoms with Gasteiger partial charge in [0, 0.05) is 58.0 Å². The Bertz CT molecular complexity index is 1330. The monoisotopic (exact) mass is 426 g/mol. The standard InChI is InChI=1S/C21H26N6O4/c1-23-19-18(20(30)24(2)21(23)31)26(12-22-19)11-15(28)10-25-7-13-6-14(9-25)16-4-3-5-17(29)27(16)8-13/h3-5,12-15,28H,6-11H2,1-2H3/t13-,14+,15?/m1/s1. The molecule has 164 valence electrons. The fourth-order valence-electron chi connectivity index (χ4n) is 5.26. The molecule has 1 saturated heterocycles. The molecule has 2 aliphatic rings. The predicted octanol–water partition coefficient (Wildman–Crippen LogP) is -0.924. The van der Waals surface area contributed by atoms with Crippen LogP contribution in [0.15, 0.2) is 38.9 Å². The number of β-amino-alcohol motifs (C(OH)–C–C–N with tert-alkyl or cyclic N) is 1. The molecule has 1 fully saturated rings. The Balaban J connectivity index is 1.34. The SMILES string of the molecule is Cn1c(=O)c2c(ncn2CC(O)CN2C[C@H]3C[C@@H](C2)c2cccc(=O)n2C3)n(C)c1=O. The van der Waals surface area contributed by atoms with Crippen molar-refractivity contribution in [2.24, 2.45) is 20.0 Å². The van der Waals surface area contributed by atoms with Gasteiger partial charge in [0.15, 0.2) is 11.2 Å². The van der Waals surface area contributed by atoms with Gasteiger partial charge < -0.3 is 14.2 Å². The van der Waals surface area contributed by atoms with Crippen LogP contribution in [0.3, 0.4) is 0 Å². The summed E-state index contributed by atoms with van der Waals surface area (Å²) in [5.74, 6) is 0.666. The highest BCUT2D eigenvalue weighted by molar-refractivity contribution is 5.69. The van der Waals surface area contributed by atoms with Crippen molar-refractivity contribution in [3.8, 4) is 0 Å². The van der Waals surface area contributed by atoms with E-state index in [-0.39, 0.29) is 18.0 Å². The highest BCUT2D eigenvalue weighted by Gasteiger charge is 2.35. The second-order valence-corrected chi connectivity index (χ2v) is 8.85. The van der Waals surface area contributed by atoms with Gasteiger partial charge in [0.05, 0.1) is 19.0 Å². The molecule has 31 heavy (non-hydrogen) atoms.